The van der Waals surface area contributed by atoms with Crippen molar-refractivity contribution in [3.8, 4) is 6.07 Å². The van der Waals surface area contributed by atoms with Crippen LogP contribution in [0.5, 0.6) is 0 Å². The van der Waals surface area contributed by atoms with Crippen molar-refractivity contribution in [1.29, 1.82) is 5.26 Å². The van der Waals surface area contributed by atoms with E-state index in [0.717, 1.165) is 34.2 Å². The largest absolute Gasteiger partial charge is 0.331 e. The molecule has 1 aromatic carbocycles. The fourth-order valence-electron chi connectivity index (χ4n) is 3.61. The number of amides is 1. The van der Waals surface area contributed by atoms with Crippen LogP contribution in [0, 0.1) is 11.3 Å². The van der Waals surface area contributed by atoms with Crippen LogP contribution in [-0.4, -0.2) is 15.0 Å². The molecule has 0 spiro atoms. The molecule has 1 aromatic heterocycles. The Morgan fingerprint density at radius 1 is 1.22 bits per heavy atom. The Morgan fingerprint density at radius 3 is 2.48 bits per heavy atom. The van der Waals surface area contributed by atoms with E-state index in [1.807, 2.05) is 38.1 Å². The molecule has 3 rings (SSSR count). The van der Waals surface area contributed by atoms with E-state index in [9.17, 15) is 19.6 Å². The van der Waals surface area contributed by atoms with E-state index in [-0.39, 0.29) is 5.56 Å². The van der Waals surface area contributed by atoms with Gasteiger partial charge in [0.1, 0.15) is 18.2 Å². The number of rotatable bonds is 5. The molecule has 0 unspecified atom stereocenters. The van der Waals surface area contributed by atoms with Crippen molar-refractivity contribution in [2.24, 2.45) is 0 Å². The van der Waals surface area contributed by atoms with E-state index >= 15 is 0 Å². The van der Waals surface area contributed by atoms with Crippen LogP contribution in [0.3, 0.4) is 0 Å². The second-order valence-electron chi connectivity index (χ2n) is 6.57. The van der Waals surface area contributed by atoms with Crippen molar-refractivity contribution < 1.29 is 4.79 Å². The highest BCUT2D eigenvalue weighted by Gasteiger charge is 2.23. The van der Waals surface area contributed by atoms with Gasteiger partial charge in [-0.05, 0) is 36.8 Å². The number of benzene rings is 1. The number of hydrogen-bond acceptors (Lipinski definition) is 4. The van der Waals surface area contributed by atoms with Gasteiger partial charge in [0.2, 0.25) is 5.91 Å². The van der Waals surface area contributed by atoms with Gasteiger partial charge in [-0.1, -0.05) is 32.0 Å². The number of aryl methyl sites for hydroxylation is 2. The standard InChI is InChI=1S/C20H22N4O3/c1-3-13-7-5-8-14(4-2)18(13)22-17(25)12-24-19(26)15(11-21)16-9-6-10-23(16)20(24)27/h5,7-8H,3-4,6,9-10,12H2,1-2H3,(H,22,25). The molecule has 7 nitrogen and oxygen atoms in total. The molecule has 140 valence electrons. The normalized spacial score (nSPS) is 12.5. The predicted molar refractivity (Wildman–Crippen MR) is 102 cm³/mol. The Bertz CT molecular complexity index is 1030. The maximum absolute atomic E-state index is 12.6. The van der Waals surface area contributed by atoms with E-state index in [1.54, 1.807) is 0 Å². The van der Waals surface area contributed by atoms with E-state index in [4.69, 9.17) is 0 Å². The maximum atomic E-state index is 12.6. The number of anilines is 1. The van der Waals surface area contributed by atoms with E-state index in [1.165, 1.54) is 4.57 Å². The van der Waals surface area contributed by atoms with Crippen LogP contribution in [0.25, 0.3) is 0 Å². The van der Waals surface area contributed by atoms with Crippen LogP contribution in [0.2, 0.25) is 0 Å². The summed E-state index contributed by atoms with van der Waals surface area (Å²) in [4.78, 5) is 37.8. The molecule has 0 radical (unpaired) electrons. The number of carbonyl (C=O) groups is 1. The summed E-state index contributed by atoms with van der Waals surface area (Å²) in [5.41, 5.74) is 1.96. The highest BCUT2D eigenvalue weighted by molar-refractivity contribution is 5.92. The molecule has 1 amide bonds. The number of nitrogens with zero attached hydrogens (tertiary/aromatic N) is 3. The highest BCUT2D eigenvalue weighted by Crippen LogP contribution is 2.22. The third-order valence-electron chi connectivity index (χ3n) is 5.01. The lowest BCUT2D eigenvalue weighted by Gasteiger charge is -2.15. The van der Waals surface area contributed by atoms with Gasteiger partial charge < -0.3 is 5.32 Å². The van der Waals surface area contributed by atoms with Crippen LogP contribution < -0.4 is 16.6 Å². The van der Waals surface area contributed by atoms with Gasteiger partial charge in [0.25, 0.3) is 5.56 Å². The smallest absolute Gasteiger partial charge is 0.324 e. The third-order valence-corrected chi connectivity index (χ3v) is 5.01. The molecule has 1 aliphatic rings. The molecule has 7 heteroatoms. The lowest BCUT2D eigenvalue weighted by molar-refractivity contribution is -0.116. The number of nitriles is 1. The Balaban J connectivity index is 1.96. The Kier molecular flexibility index (Phi) is 5.26. The first-order chi connectivity index (χ1) is 13.0. The van der Waals surface area contributed by atoms with Crippen molar-refractivity contribution in [1.82, 2.24) is 9.13 Å². The summed E-state index contributed by atoms with van der Waals surface area (Å²) in [5.74, 6) is -0.452. The average Bonchev–Trinajstić information content (AvgIpc) is 3.15. The first-order valence-corrected chi connectivity index (χ1v) is 9.19. The van der Waals surface area contributed by atoms with Crippen molar-refractivity contribution in [2.45, 2.75) is 52.6 Å². The van der Waals surface area contributed by atoms with E-state index in [2.05, 4.69) is 5.32 Å². The first kappa shape index (κ1) is 18.6. The average molecular weight is 366 g/mol. The lowest BCUT2D eigenvalue weighted by Crippen LogP contribution is -2.44. The van der Waals surface area contributed by atoms with Gasteiger partial charge in [0.15, 0.2) is 0 Å². The summed E-state index contributed by atoms with van der Waals surface area (Å²) in [6, 6.07) is 7.73. The number of aromatic nitrogens is 2. The number of nitrogens with one attached hydrogen (secondary N) is 1. The quantitative estimate of drug-likeness (QED) is 0.869. The number of carbonyl (C=O) groups excluding carboxylic acids is 1. The SMILES string of the molecule is CCc1cccc(CC)c1NC(=O)Cn1c(=O)c(C#N)c2n(c1=O)CCC2. The van der Waals surface area contributed by atoms with Gasteiger partial charge in [-0.25, -0.2) is 9.36 Å². The zero-order valence-corrected chi connectivity index (χ0v) is 15.5. The van der Waals surface area contributed by atoms with Gasteiger partial charge in [-0.2, -0.15) is 5.26 Å². The summed E-state index contributed by atoms with van der Waals surface area (Å²) in [6.45, 7) is 4.05. The predicted octanol–water partition coefficient (Wildman–Crippen LogP) is 1.59. The van der Waals surface area contributed by atoms with Crippen LogP contribution in [0.15, 0.2) is 27.8 Å². The minimum Gasteiger partial charge on any atom is -0.324 e. The number of para-hydroxylation sites is 1. The van der Waals surface area contributed by atoms with Crippen LogP contribution in [0.4, 0.5) is 5.69 Å². The van der Waals surface area contributed by atoms with E-state index < -0.39 is 23.7 Å². The topological polar surface area (TPSA) is 96.9 Å². The molecule has 2 aromatic rings. The van der Waals surface area contributed by atoms with Crippen molar-refractivity contribution >= 4 is 11.6 Å². The molecular formula is C20H22N4O3. The maximum Gasteiger partial charge on any atom is 0.331 e. The van der Waals surface area contributed by atoms with Crippen molar-refractivity contribution in [3.05, 3.63) is 61.4 Å². The molecular weight excluding hydrogens is 344 g/mol. The zero-order valence-electron chi connectivity index (χ0n) is 15.5. The Morgan fingerprint density at radius 2 is 1.89 bits per heavy atom. The highest BCUT2D eigenvalue weighted by atomic mass is 16.2. The first-order valence-electron chi connectivity index (χ1n) is 9.19. The summed E-state index contributed by atoms with van der Waals surface area (Å²) in [6.07, 6.45) is 2.75. The molecule has 27 heavy (non-hydrogen) atoms. The third kappa shape index (κ3) is 3.31. The van der Waals surface area contributed by atoms with Gasteiger partial charge in [-0.3, -0.25) is 14.2 Å². The zero-order chi connectivity index (χ0) is 19.6. The summed E-state index contributed by atoms with van der Waals surface area (Å²) in [7, 11) is 0. The van der Waals surface area contributed by atoms with Crippen molar-refractivity contribution in [2.75, 3.05) is 5.32 Å². The molecule has 0 aliphatic carbocycles. The molecule has 0 saturated carbocycles. The fourth-order valence-corrected chi connectivity index (χ4v) is 3.61. The molecule has 1 aliphatic heterocycles. The van der Waals surface area contributed by atoms with E-state index in [0.29, 0.717) is 25.1 Å². The molecule has 1 N–H and O–H groups in total. The minimum absolute atomic E-state index is 0.0388. The monoisotopic (exact) mass is 366 g/mol. The van der Waals surface area contributed by atoms with Crippen molar-refractivity contribution in [3.63, 3.8) is 0 Å². The second kappa shape index (κ2) is 7.62. The molecule has 0 bridgehead atoms. The number of hydrogen-bond donors (Lipinski definition) is 1. The van der Waals surface area contributed by atoms with Gasteiger partial charge in [0.05, 0.1) is 0 Å². The molecule has 0 atom stereocenters. The molecule has 0 saturated heterocycles. The van der Waals surface area contributed by atoms with Gasteiger partial charge in [-0.15, -0.1) is 0 Å². The fraction of sp³-hybridized carbons (Fsp3) is 0.400. The van der Waals surface area contributed by atoms with Gasteiger partial charge >= 0.3 is 5.69 Å². The summed E-state index contributed by atoms with van der Waals surface area (Å²) >= 11 is 0. The Hall–Kier alpha value is -3.14. The van der Waals surface area contributed by atoms with Crippen LogP contribution in [-0.2, 0) is 37.1 Å². The summed E-state index contributed by atoms with van der Waals surface area (Å²) in [5, 5.41) is 12.2. The molecule has 0 fully saturated rings. The lowest BCUT2D eigenvalue weighted by atomic mass is 10.0. The number of fused-ring (bicyclic) bond motifs is 1. The van der Waals surface area contributed by atoms with Gasteiger partial charge in [0, 0.05) is 17.9 Å². The van der Waals surface area contributed by atoms with Crippen LogP contribution >= 0.6 is 0 Å². The Labute approximate surface area is 156 Å². The minimum atomic E-state index is -0.690. The summed E-state index contributed by atoms with van der Waals surface area (Å²) < 4.78 is 2.30. The second-order valence-corrected chi connectivity index (χ2v) is 6.57. The van der Waals surface area contributed by atoms with Crippen LogP contribution in [0.1, 0.15) is 42.7 Å². The molecule has 2 heterocycles.